The fourth-order valence-electron chi connectivity index (χ4n) is 2.86. The van der Waals surface area contributed by atoms with Crippen LogP contribution in [0.25, 0.3) is 0 Å². The Bertz CT molecular complexity index is 881. The zero-order chi connectivity index (χ0) is 26.1. The first-order chi connectivity index (χ1) is 15.7. The fourth-order valence-corrected chi connectivity index (χ4v) is 2.86. The Hall–Kier alpha value is -3.34. The molecule has 0 aliphatic heterocycles. The summed E-state index contributed by atoms with van der Waals surface area (Å²) in [5, 5.41) is 7.82. The Morgan fingerprint density at radius 3 is 2.26 bits per heavy atom. The van der Waals surface area contributed by atoms with E-state index in [4.69, 9.17) is 20.9 Å². The summed E-state index contributed by atoms with van der Waals surface area (Å²) in [7, 11) is 1.40. The first-order valence-corrected chi connectivity index (χ1v) is 11.1. The van der Waals surface area contributed by atoms with E-state index in [9.17, 15) is 19.2 Å². The zero-order valence-corrected chi connectivity index (χ0v) is 20.7. The summed E-state index contributed by atoms with van der Waals surface area (Å²) in [6.45, 7) is 9.10. The van der Waals surface area contributed by atoms with Gasteiger partial charge in [-0.05, 0) is 51.7 Å². The molecule has 0 aromatic heterocycles. The smallest absolute Gasteiger partial charge is 0.342 e. The molecule has 0 saturated heterocycles. The number of ether oxygens (including phenoxy) is 2. The number of primary amides is 1. The first-order valence-electron chi connectivity index (χ1n) is 11.1. The second-order valence-electron chi connectivity index (χ2n) is 9.17. The minimum absolute atomic E-state index is 0.120. The number of carbonyl (C=O) groups excluding carboxylic acids is 4. The fraction of sp³-hybridized carbons (Fsp3) is 0.565. The summed E-state index contributed by atoms with van der Waals surface area (Å²) in [5.74, 6) is -1.41. The van der Waals surface area contributed by atoms with Crippen molar-refractivity contribution in [3.63, 3.8) is 0 Å². The minimum atomic E-state index is -0.913. The Morgan fingerprint density at radius 1 is 1.09 bits per heavy atom. The lowest BCUT2D eigenvalue weighted by Crippen LogP contribution is -2.51. The summed E-state index contributed by atoms with van der Waals surface area (Å²) in [4.78, 5) is 48.7. The van der Waals surface area contributed by atoms with Crippen LogP contribution in [0.4, 0.5) is 10.5 Å². The van der Waals surface area contributed by atoms with Gasteiger partial charge in [-0.15, -0.1) is 0 Å². The Morgan fingerprint density at radius 2 is 1.74 bits per heavy atom. The monoisotopic (exact) mass is 479 g/mol. The molecule has 0 heterocycles. The van der Waals surface area contributed by atoms with Gasteiger partial charge in [0.2, 0.25) is 11.8 Å². The molecule has 0 fully saturated rings. The van der Waals surface area contributed by atoms with Crippen LogP contribution in [0.3, 0.4) is 0 Å². The quantitative estimate of drug-likeness (QED) is 0.236. The highest BCUT2D eigenvalue weighted by molar-refractivity contribution is 5.99. The van der Waals surface area contributed by atoms with E-state index in [1.54, 1.807) is 34.6 Å². The van der Waals surface area contributed by atoms with E-state index in [2.05, 4.69) is 16.0 Å². The van der Waals surface area contributed by atoms with Crippen molar-refractivity contribution >= 4 is 29.5 Å². The molecule has 0 aliphatic rings. The number of hydrogen-bond acceptors (Lipinski definition) is 7. The van der Waals surface area contributed by atoms with Gasteiger partial charge in [0.05, 0.1) is 13.2 Å². The maximum Gasteiger partial charge on any atom is 0.342 e. The molecular weight excluding hydrogens is 442 g/mol. The highest BCUT2D eigenvalue weighted by Crippen LogP contribution is 2.26. The normalized spacial score (nSPS) is 12.9. The van der Waals surface area contributed by atoms with Gasteiger partial charge in [-0.25, -0.2) is 9.59 Å². The maximum absolute atomic E-state index is 13.0. The van der Waals surface area contributed by atoms with Gasteiger partial charge in [0, 0.05) is 18.3 Å². The first kappa shape index (κ1) is 28.7. The average Bonchev–Trinajstić information content (AvgIpc) is 2.73. The van der Waals surface area contributed by atoms with Crippen LogP contribution in [0, 0.1) is 5.92 Å². The lowest BCUT2D eigenvalue weighted by Gasteiger charge is -2.23. The van der Waals surface area contributed by atoms with Crippen LogP contribution in [0.2, 0.25) is 0 Å². The molecule has 0 saturated carbocycles. The molecule has 0 aliphatic carbocycles. The van der Waals surface area contributed by atoms with E-state index in [-0.39, 0.29) is 30.2 Å². The van der Waals surface area contributed by atoms with Gasteiger partial charge in [0.15, 0.2) is 0 Å². The number of urea groups is 1. The van der Waals surface area contributed by atoms with Crippen molar-refractivity contribution in [1.29, 1.82) is 0 Å². The number of amides is 4. The van der Waals surface area contributed by atoms with E-state index >= 15 is 0 Å². The highest BCUT2D eigenvalue weighted by Gasteiger charge is 2.26. The molecule has 11 nitrogen and oxygen atoms in total. The van der Waals surface area contributed by atoms with Gasteiger partial charge in [0.25, 0.3) is 0 Å². The molecule has 2 atom stereocenters. The van der Waals surface area contributed by atoms with Crippen molar-refractivity contribution in [3.05, 3.63) is 23.8 Å². The SMILES string of the molecule is COc1cc(NC(=O)[C@H](CCCNC(N)=O)NC(=O)[C@@H](N)C(C)C)ccc1C(=O)OC(C)(C)C. The maximum atomic E-state index is 13.0. The summed E-state index contributed by atoms with van der Waals surface area (Å²) in [6, 6.07) is 2.14. The molecule has 7 N–H and O–H groups in total. The molecule has 190 valence electrons. The number of nitrogens with one attached hydrogen (secondary N) is 3. The molecule has 1 rings (SSSR count). The largest absolute Gasteiger partial charge is 0.496 e. The Labute approximate surface area is 200 Å². The number of rotatable bonds is 11. The van der Waals surface area contributed by atoms with Gasteiger partial charge in [-0.2, -0.15) is 0 Å². The highest BCUT2D eigenvalue weighted by atomic mass is 16.6. The van der Waals surface area contributed by atoms with Gasteiger partial charge < -0.3 is 36.9 Å². The number of nitrogens with two attached hydrogens (primary N) is 2. The third kappa shape index (κ3) is 9.65. The molecular formula is C23H37N5O6. The number of anilines is 1. The molecule has 0 spiro atoms. The number of hydrogen-bond donors (Lipinski definition) is 5. The summed E-state index contributed by atoms with van der Waals surface area (Å²) >= 11 is 0. The zero-order valence-electron chi connectivity index (χ0n) is 20.7. The van der Waals surface area contributed by atoms with Crippen LogP contribution in [-0.2, 0) is 14.3 Å². The molecule has 1 aromatic rings. The van der Waals surface area contributed by atoms with Gasteiger partial charge in [-0.1, -0.05) is 13.8 Å². The van der Waals surface area contributed by atoms with Crippen LogP contribution in [0.1, 0.15) is 57.8 Å². The van der Waals surface area contributed by atoms with Crippen molar-refractivity contribution < 1.29 is 28.7 Å². The second kappa shape index (κ2) is 12.8. The van der Waals surface area contributed by atoms with Crippen molar-refractivity contribution in [1.82, 2.24) is 10.6 Å². The summed E-state index contributed by atoms with van der Waals surface area (Å²) in [6.07, 6.45) is 0.620. The molecule has 0 bridgehead atoms. The Balaban J connectivity index is 3.00. The summed E-state index contributed by atoms with van der Waals surface area (Å²) in [5.41, 5.74) is 10.9. The van der Waals surface area contributed by atoms with Crippen LogP contribution in [0.5, 0.6) is 5.75 Å². The van der Waals surface area contributed by atoms with Crippen LogP contribution < -0.4 is 32.2 Å². The van der Waals surface area contributed by atoms with E-state index in [1.165, 1.54) is 25.3 Å². The predicted octanol–water partition coefficient (Wildman–Crippen LogP) is 1.51. The number of methoxy groups -OCH3 is 1. The lowest BCUT2D eigenvalue weighted by molar-refractivity contribution is -0.128. The average molecular weight is 480 g/mol. The number of carbonyl (C=O) groups is 4. The second-order valence-corrected chi connectivity index (χ2v) is 9.17. The lowest BCUT2D eigenvalue weighted by atomic mass is 10.0. The molecule has 34 heavy (non-hydrogen) atoms. The third-order valence-electron chi connectivity index (χ3n) is 4.71. The number of esters is 1. The van der Waals surface area contributed by atoms with Crippen LogP contribution in [0.15, 0.2) is 18.2 Å². The van der Waals surface area contributed by atoms with Crippen LogP contribution >= 0.6 is 0 Å². The van der Waals surface area contributed by atoms with Crippen molar-refractivity contribution in [2.24, 2.45) is 17.4 Å². The topological polar surface area (TPSA) is 175 Å². The predicted molar refractivity (Wildman–Crippen MR) is 128 cm³/mol. The van der Waals surface area contributed by atoms with E-state index in [0.717, 1.165) is 0 Å². The third-order valence-corrected chi connectivity index (χ3v) is 4.71. The number of benzene rings is 1. The van der Waals surface area contributed by atoms with Gasteiger partial charge in [-0.3, -0.25) is 9.59 Å². The van der Waals surface area contributed by atoms with Gasteiger partial charge in [0.1, 0.15) is 23.0 Å². The molecule has 1 aromatic carbocycles. The Kier molecular flexibility index (Phi) is 10.8. The van der Waals surface area contributed by atoms with Gasteiger partial charge >= 0.3 is 12.0 Å². The van der Waals surface area contributed by atoms with E-state index in [0.29, 0.717) is 12.1 Å². The standard InChI is InChI=1S/C23H37N5O6/c1-13(2)18(24)20(30)28-16(8-7-11-26-22(25)32)19(29)27-14-9-10-15(17(12-14)33-6)21(31)34-23(3,4)5/h9-10,12-13,16,18H,7-8,11,24H2,1-6H3,(H,27,29)(H,28,30)(H3,25,26,32)/t16-,18-/m0/s1. The molecule has 11 heteroatoms. The van der Waals surface area contributed by atoms with E-state index < -0.39 is 41.5 Å². The van der Waals surface area contributed by atoms with Crippen molar-refractivity contribution in [2.45, 2.75) is 65.1 Å². The molecule has 0 radical (unpaired) electrons. The van der Waals surface area contributed by atoms with E-state index in [1.807, 2.05) is 0 Å². The minimum Gasteiger partial charge on any atom is -0.496 e. The molecule has 0 unspecified atom stereocenters. The van der Waals surface area contributed by atoms with Crippen molar-refractivity contribution in [3.8, 4) is 5.75 Å². The molecule has 4 amide bonds. The van der Waals surface area contributed by atoms with Crippen LogP contribution in [-0.4, -0.2) is 55.2 Å². The summed E-state index contributed by atoms with van der Waals surface area (Å²) < 4.78 is 10.7. The van der Waals surface area contributed by atoms with Crippen molar-refractivity contribution in [2.75, 3.05) is 19.0 Å².